The molecule has 0 unspecified atom stereocenters. The summed E-state index contributed by atoms with van der Waals surface area (Å²) in [6, 6.07) is 1.75. The van der Waals surface area contributed by atoms with E-state index in [4.69, 9.17) is 26.6 Å². The van der Waals surface area contributed by atoms with Crippen LogP contribution in [0.15, 0.2) is 0 Å². The Kier molecular flexibility index (Phi) is 23.2. The van der Waals surface area contributed by atoms with Gasteiger partial charge in [-0.05, 0) is 0 Å². The number of hydrogen-bond donors (Lipinski definition) is 0. The Balaban J connectivity index is 5.45. The molecule has 0 saturated heterocycles. The third-order valence-corrected chi connectivity index (χ3v) is 35.2. The summed E-state index contributed by atoms with van der Waals surface area (Å²) in [5, 5.41) is 0. The van der Waals surface area contributed by atoms with Gasteiger partial charge in [0, 0.05) is 0 Å². The molecular formula is C30H68O6S2Si2Sn. The Morgan fingerprint density at radius 3 is 0.878 bits per heavy atom. The zero-order valence-electron chi connectivity index (χ0n) is 29.1. The van der Waals surface area contributed by atoms with Crippen LogP contribution in [0.25, 0.3) is 0 Å². The second-order valence-corrected chi connectivity index (χ2v) is 47.8. The standard InChI is InChI=1S/2C14H32O3SSi.2CH3.Sn/c2*1-6-9-15-19(16-10-7-2,17-11-8-3)13-14(4,5)12-18;;;/h2*18H,6-13H2,1-5H3;2*1H3;/q;;;;+2/p-2. The summed E-state index contributed by atoms with van der Waals surface area (Å²) < 4.78 is 38.6. The van der Waals surface area contributed by atoms with Crippen LogP contribution in [0.2, 0.25) is 22.0 Å². The van der Waals surface area contributed by atoms with Gasteiger partial charge in [0.05, 0.1) is 0 Å². The maximum absolute atomic E-state index is 6.44. The summed E-state index contributed by atoms with van der Waals surface area (Å²) in [7, 11) is -0.977. The third-order valence-electron chi connectivity index (χ3n) is 6.17. The molecule has 0 fully saturated rings. The first-order chi connectivity index (χ1) is 19.2. The fraction of sp³-hybridized carbons (Fsp3) is 1.00. The molecule has 0 aliphatic carbocycles. The summed E-state index contributed by atoms with van der Waals surface area (Å²) in [6.07, 6.45) is 5.87. The van der Waals surface area contributed by atoms with E-state index in [0.717, 1.165) is 62.1 Å². The van der Waals surface area contributed by atoms with E-state index in [1.54, 1.807) is 0 Å². The van der Waals surface area contributed by atoms with Crippen molar-refractivity contribution in [3.8, 4) is 0 Å². The van der Waals surface area contributed by atoms with Crippen LogP contribution >= 0.6 is 17.9 Å². The molecule has 248 valence electrons. The molecule has 0 spiro atoms. The first-order valence-electron chi connectivity index (χ1n) is 16.3. The van der Waals surface area contributed by atoms with Crippen molar-refractivity contribution in [2.75, 3.05) is 51.1 Å². The normalized spacial score (nSPS) is 13.8. The second-order valence-electron chi connectivity index (χ2n) is 13.1. The Morgan fingerprint density at radius 2 is 0.683 bits per heavy atom. The van der Waals surface area contributed by atoms with Crippen LogP contribution in [0.4, 0.5) is 0 Å². The van der Waals surface area contributed by atoms with E-state index < -0.39 is 33.2 Å². The van der Waals surface area contributed by atoms with Crippen LogP contribution in [-0.2, 0) is 26.6 Å². The third kappa shape index (κ3) is 19.7. The fourth-order valence-electron chi connectivity index (χ4n) is 4.16. The molecule has 0 rings (SSSR count). The second kappa shape index (κ2) is 22.3. The van der Waals surface area contributed by atoms with Crippen molar-refractivity contribution in [2.45, 2.75) is 130 Å². The predicted molar refractivity (Wildman–Crippen MR) is 189 cm³/mol. The maximum atomic E-state index is 6.44. The monoisotopic (exact) mass is 764 g/mol. The number of rotatable bonds is 28. The van der Waals surface area contributed by atoms with Gasteiger partial charge in [-0.2, -0.15) is 0 Å². The van der Waals surface area contributed by atoms with Gasteiger partial charge in [0.15, 0.2) is 0 Å². The zero-order chi connectivity index (χ0) is 31.5. The van der Waals surface area contributed by atoms with E-state index in [-0.39, 0.29) is 10.8 Å². The quantitative estimate of drug-likeness (QED) is 0.0731. The average molecular weight is 764 g/mol. The molecule has 0 aromatic rings. The number of hydrogen-bond acceptors (Lipinski definition) is 8. The topological polar surface area (TPSA) is 55.4 Å². The summed E-state index contributed by atoms with van der Waals surface area (Å²) in [6.45, 7) is 26.7. The van der Waals surface area contributed by atoms with Crippen LogP contribution in [0.3, 0.4) is 0 Å². The van der Waals surface area contributed by atoms with Gasteiger partial charge >= 0.3 is 269 Å². The molecule has 0 heterocycles. The van der Waals surface area contributed by atoms with Gasteiger partial charge in [0.25, 0.3) is 0 Å². The first-order valence-corrected chi connectivity index (χ1v) is 34.8. The molecule has 0 aliphatic heterocycles. The van der Waals surface area contributed by atoms with E-state index in [1.165, 1.54) is 0 Å². The minimum absolute atomic E-state index is 0.0778. The molecule has 0 aromatic heterocycles. The predicted octanol–water partition coefficient (Wildman–Crippen LogP) is 9.64. The molecule has 0 atom stereocenters. The molecule has 0 aromatic carbocycles. The molecule has 11 heteroatoms. The van der Waals surface area contributed by atoms with Crippen molar-refractivity contribution in [3.63, 3.8) is 0 Å². The van der Waals surface area contributed by atoms with Gasteiger partial charge in [-0.1, -0.05) is 0 Å². The van der Waals surface area contributed by atoms with Gasteiger partial charge in [-0.3, -0.25) is 0 Å². The molecular weight excluding hydrogens is 695 g/mol. The van der Waals surface area contributed by atoms with E-state index in [0.29, 0.717) is 39.6 Å². The Labute approximate surface area is 267 Å². The van der Waals surface area contributed by atoms with Gasteiger partial charge < -0.3 is 0 Å². The van der Waals surface area contributed by atoms with Crippen LogP contribution in [0.5, 0.6) is 0 Å². The minimum atomic E-state index is -2.73. The zero-order valence-corrected chi connectivity index (χ0v) is 35.6. The summed E-state index contributed by atoms with van der Waals surface area (Å²) in [5.74, 6) is 2.21. The molecule has 41 heavy (non-hydrogen) atoms. The molecule has 0 N–H and O–H groups in total. The van der Waals surface area contributed by atoms with Crippen molar-refractivity contribution >= 4 is 51.1 Å². The first kappa shape index (κ1) is 42.7. The van der Waals surface area contributed by atoms with Gasteiger partial charge in [0.1, 0.15) is 0 Å². The molecule has 0 aliphatic rings. The molecule has 0 radical (unpaired) electrons. The Morgan fingerprint density at radius 1 is 0.463 bits per heavy atom. The van der Waals surface area contributed by atoms with Gasteiger partial charge in [0.2, 0.25) is 0 Å². The molecule has 0 saturated carbocycles. The molecule has 0 bridgehead atoms. The molecule has 6 nitrogen and oxygen atoms in total. The van der Waals surface area contributed by atoms with Crippen molar-refractivity contribution in [1.82, 2.24) is 0 Å². The van der Waals surface area contributed by atoms with Crippen LogP contribution in [0, 0.1) is 10.8 Å². The SMILES string of the molecule is CCCO[Si](CC(C)(C)C[S][Sn]([CH3])([CH3])[S]CC(C)(C)C[Si](OCCC)(OCCC)OCCC)(OCCC)OCCC. The summed E-state index contributed by atoms with van der Waals surface area (Å²) in [5.41, 5.74) is 0.156. The van der Waals surface area contributed by atoms with Crippen molar-refractivity contribution < 1.29 is 26.6 Å². The summed E-state index contributed by atoms with van der Waals surface area (Å²) >= 11 is -2.46. The van der Waals surface area contributed by atoms with Crippen LogP contribution in [-0.4, -0.2) is 84.4 Å². The fourth-order valence-corrected chi connectivity index (χ4v) is 30.5. The van der Waals surface area contributed by atoms with Crippen molar-refractivity contribution in [3.05, 3.63) is 0 Å². The van der Waals surface area contributed by atoms with Crippen LogP contribution in [0.1, 0.15) is 108 Å². The van der Waals surface area contributed by atoms with Gasteiger partial charge in [-0.15, -0.1) is 0 Å². The average Bonchev–Trinajstić information content (AvgIpc) is 2.92. The van der Waals surface area contributed by atoms with E-state index in [2.05, 4.69) is 97.0 Å². The van der Waals surface area contributed by atoms with E-state index in [1.807, 2.05) is 0 Å². The van der Waals surface area contributed by atoms with Crippen molar-refractivity contribution in [1.29, 1.82) is 0 Å². The Hall–Kier alpha value is 1.69. The van der Waals surface area contributed by atoms with E-state index >= 15 is 0 Å². The van der Waals surface area contributed by atoms with Crippen molar-refractivity contribution in [2.24, 2.45) is 10.8 Å². The van der Waals surface area contributed by atoms with E-state index in [9.17, 15) is 0 Å². The molecule has 0 amide bonds. The Bertz CT molecular complexity index is 563. The summed E-state index contributed by atoms with van der Waals surface area (Å²) in [4.78, 5) is 5.13. The van der Waals surface area contributed by atoms with Gasteiger partial charge in [-0.25, -0.2) is 0 Å². The van der Waals surface area contributed by atoms with Crippen LogP contribution < -0.4 is 0 Å².